The van der Waals surface area contributed by atoms with Gasteiger partial charge >= 0.3 is 0 Å². The predicted octanol–water partition coefficient (Wildman–Crippen LogP) is 7.09. The number of ether oxygens (including phenoxy) is 4. The number of carbonyl (C=O) groups is 2. The summed E-state index contributed by atoms with van der Waals surface area (Å²) in [6.45, 7) is 10.5. The zero-order valence-corrected chi connectivity index (χ0v) is 28.1. The van der Waals surface area contributed by atoms with Crippen molar-refractivity contribution < 1.29 is 28.5 Å². The van der Waals surface area contributed by atoms with Gasteiger partial charge in [-0.25, -0.2) is 0 Å². The maximum atomic E-state index is 13.5. The number of benzene rings is 2. The number of hydrogen-bond donors (Lipinski definition) is 0. The minimum absolute atomic E-state index is 0.0248. The van der Waals surface area contributed by atoms with Crippen molar-refractivity contribution in [1.29, 1.82) is 0 Å². The number of aliphatic imine (C=N–C) groups is 1. The molecule has 3 aliphatic heterocycles. The molecule has 2 fully saturated rings. The fourth-order valence-corrected chi connectivity index (χ4v) is 6.47. The van der Waals surface area contributed by atoms with E-state index < -0.39 is 0 Å². The summed E-state index contributed by atoms with van der Waals surface area (Å²) in [6, 6.07) is 7.47. The summed E-state index contributed by atoms with van der Waals surface area (Å²) in [6.07, 6.45) is 11.3. The number of amides is 2. The van der Waals surface area contributed by atoms with Gasteiger partial charge in [-0.1, -0.05) is 30.2 Å². The van der Waals surface area contributed by atoms with Crippen LogP contribution in [0, 0.1) is 6.92 Å². The highest BCUT2D eigenvalue weighted by molar-refractivity contribution is 6.04. The van der Waals surface area contributed by atoms with E-state index in [1.165, 1.54) is 11.1 Å². The summed E-state index contributed by atoms with van der Waals surface area (Å²) in [5.41, 5.74) is 5.22. The molecule has 0 unspecified atom stereocenters. The molecule has 0 spiro atoms. The van der Waals surface area contributed by atoms with Crippen LogP contribution in [0.3, 0.4) is 0 Å². The molecule has 9 heteroatoms. The maximum absolute atomic E-state index is 13.5. The van der Waals surface area contributed by atoms with E-state index in [1.807, 2.05) is 48.9 Å². The van der Waals surface area contributed by atoms with Crippen molar-refractivity contribution in [2.24, 2.45) is 4.99 Å². The smallest absolute Gasteiger partial charge is 0.257 e. The highest BCUT2D eigenvalue weighted by Gasteiger charge is 2.35. The second-order valence-electron chi connectivity index (χ2n) is 12.2. The third kappa shape index (κ3) is 6.93. The van der Waals surface area contributed by atoms with Gasteiger partial charge in [-0.05, 0) is 83.1 Å². The summed E-state index contributed by atoms with van der Waals surface area (Å²) in [4.78, 5) is 35.3. The lowest BCUT2D eigenvalue weighted by Crippen LogP contribution is -2.35. The zero-order chi connectivity index (χ0) is 32.8. The number of nitrogens with zero attached hydrogens (tertiary/aromatic N) is 3. The molecule has 5 rings (SSSR count). The number of likely N-dealkylation sites (tertiary alicyclic amines) is 1. The highest BCUT2D eigenvalue weighted by atomic mass is 16.5. The first-order valence-electron chi connectivity index (χ1n) is 16.4. The summed E-state index contributed by atoms with van der Waals surface area (Å²) in [5.74, 6) is 2.31. The van der Waals surface area contributed by atoms with Gasteiger partial charge in [0.1, 0.15) is 0 Å². The third-order valence-electron chi connectivity index (χ3n) is 9.31. The standard InChI is InChI=1S/C37H47N3O6/c1-7-25-16-27(9-3)39(22-25)36(41)29-18-32(43-5)34(15-24(29)4)45-13-11-10-12-14-46-35-20-31-30(19-33(35)44-6)37(42)40-23-26(8-2)17-28(40)21-38-31/h7-8,15,18-21,27-28H,9-14,16-17,22-23H2,1-6H3/b25-7-,26-8-/t27-,28+/m1/s1. The molecule has 2 atom stereocenters. The van der Waals surface area contributed by atoms with Crippen LogP contribution in [0.15, 0.2) is 52.6 Å². The Morgan fingerprint density at radius 1 is 0.891 bits per heavy atom. The van der Waals surface area contributed by atoms with E-state index in [2.05, 4.69) is 24.1 Å². The lowest BCUT2D eigenvalue weighted by Gasteiger charge is -2.24. The Morgan fingerprint density at radius 2 is 1.54 bits per heavy atom. The van der Waals surface area contributed by atoms with Crippen LogP contribution < -0.4 is 18.9 Å². The summed E-state index contributed by atoms with van der Waals surface area (Å²) in [5, 5.41) is 0. The molecule has 9 nitrogen and oxygen atoms in total. The first kappa shape index (κ1) is 33.1. The third-order valence-corrected chi connectivity index (χ3v) is 9.31. The average molecular weight is 630 g/mol. The van der Waals surface area contributed by atoms with E-state index in [1.54, 1.807) is 26.4 Å². The number of methoxy groups -OCH3 is 2. The molecule has 3 heterocycles. The molecule has 0 bridgehead atoms. The molecule has 2 aromatic rings. The number of rotatable bonds is 12. The highest BCUT2D eigenvalue weighted by Crippen LogP contribution is 2.39. The Kier molecular flexibility index (Phi) is 10.7. The number of fused-ring (bicyclic) bond motifs is 2. The van der Waals surface area contributed by atoms with Gasteiger partial charge in [0.25, 0.3) is 11.8 Å². The Labute approximate surface area is 272 Å². The SMILES string of the molecule is C/C=C1/C[C@@H](CC)N(C(=O)c2cc(OC)c(OCCCCCOc3cc4c(cc3OC)C(=O)N3C/C(=C\C)C[C@H]3C=N4)cc2C)C1. The van der Waals surface area contributed by atoms with Gasteiger partial charge in [-0.15, -0.1) is 0 Å². The van der Waals surface area contributed by atoms with Gasteiger partial charge < -0.3 is 28.7 Å². The van der Waals surface area contributed by atoms with Gasteiger partial charge in [0, 0.05) is 37.0 Å². The molecule has 46 heavy (non-hydrogen) atoms. The van der Waals surface area contributed by atoms with E-state index in [0.29, 0.717) is 66.1 Å². The van der Waals surface area contributed by atoms with E-state index in [0.717, 1.165) is 44.1 Å². The van der Waals surface area contributed by atoms with Gasteiger partial charge in [0.05, 0.1) is 44.7 Å². The summed E-state index contributed by atoms with van der Waals surface area (Å²) in [7, 11) is 3.19. The van der Waals surface area contributed by atoms with Crippen LogP contribution in [0.2, 0.25) is 0 Å². The van der Waals surface area contributed by atoms with Crippen molar-refractivity contribution in [3.63, 3.8) is 0 Å². The number of hydrogen-bond acceptors (Lipinski definition) is 7. The van der Waals surface area contributed by atoms with E-state index in [-0.39, 0.29) is 23.9 Å². The molecular formula is C37H47N3O6. The van der Waals surface area contributed by atoms with Crippen molar-refractivity contribution in [3.05, 3.63) is 64.3 Å². The van der Waals surface area contributed by atoms with Crippen molar-refractivity contribution in [3.8, 4) is 23.0 Å². The fourth-order valence-electron chi connectivity index (χ4n) is 6.47. The fraction of sp³-hybridized carbons (Fsp3) is 0.486. The maximum Gasteiger partial charge on any atom is 0.257 e. The van der Waals surface area contributed by atoms with Gasteiger partial charge in [0.2, 0.25) is 0 Å². The van der Waals surface area contributed by atoms with Crippen LogP contribution in [-0.2, 0) is 0 Å². The molecule has 246 valence electrons. The molecule has 0 N–H and O–H groups in total. The first-order chi connectivity index (χ1) is 22.3. The van der Waals surface area contributed by atoms with Crippen LogP contribution in [0.5, 0.6) is 23.0 Å². The minimum Gasteiger partial charge on any atom is -0.493 e. The van der Waals surface area contributed by atoms with Crippen LogP contribution in [0.1, 0.15) is 85.6 Å². The normalized spacial score (nSPS) is 20.6. The first-order valence-corrected chi connectivity index (χ1v) is 16.4. The molecule has 2 aromatic carbocycles. The van der Waals surface area contributed by atoms with Crippen LogP contribution >= 0.6 is 0 Å². The zero-order valence-electron chi connectivity index (χ0n) is 28.1. The van der Waals surface area contributed by atoms with Gasteiger partial charge in [-0.2, -0.15) is 0 Å². The molecular weight excluding hydrogens is 582 g/mol. The molecule has 0 aliphatic carbocycles. The monoisotopic (exact) mass is 629 g/mol. The lowest BCUT2D eigenvalue weighted by molar-refractivity contribution is 0.0733. The number of unbranched alkanes of at least 4 members (excludes halogenated alkanes) is 2. The van der Waals surface area contributed by atoms with Gasteiger partial charge in [-0.3, -0.25) is 14.6 Å². The van der Waals surface area contributed by atoms with Crippen molar-refractivity contribution in [2.45, 2.75) is 78.3 Å². The van der Waals surface area contributed by atoms with Crippen molar-refractivity contribution in [1.82, 2.24) is 9.80 Å². The second kappa shape index (κ2) is 14.9. The summed E-state index contributed by atoms with van der Waals surface area (Å²) >= 11 is 0. The number of carbonyl (C=O) groups excluding carboxylic acids is 2. The van der Waals surface area contributed by atoms with Crippen molar-refractivity contribution >= 4 is 23.7 Å². The van der Waals surface area contributed by atoms with E-state index in [9.17, 15) is 9.59 Å². The van der Waals surface area contributed by atoms with E-state index >= 15 is 0 Å². The van der Waals surface area contributed by atoms with Crippen LogP contribution in [0.25, 0.3) is 0 Å². The Morgan fingerprint density at radius 3 is 2.20 bits per heavy atom. The minimum atomic E-state index is -0.0352. The topological polar surface area (TPSA) is 89.9 Å². The second-order valence-corrected chi connectivity index (χ2v) is 12.2. The number of allylic oxidation sites excluding steroid dienone is 2. The Bertz CT molecular complexity index is 1540. The predicted molar refractivity (Wildman–Crippen MR) is 180 cm³/mol. The molecule has 0 radical (unpaired) electrons. The summed E-state index contributed by atoms with van der Waals surface area (Å²) < 4.78 is 23.4. The van der Waals surface area contributed by atoms with E-state index in [4.69, 9.17) is 18.9 Å². The number of aryl methyl sites for hydroxylation is 1. The Hall–Kier alpha value is -4.27. The quantitative estimate of drug-likeness (QED) is 0.184. The molecule has 0 aromatic heterocycles. The molecule has 3 aliphatic rings. The lowest BCUT2D eigenvalue weighted by atomic mass is 10.0. The Balaban J connectivity index is 1.12. The van der Waals surface area contributed by atoms with Crippen molar-refractivity contribution in [2.75, 3.05) is 40.5 Å². The molecule has 0 saturated carbocycles. The molecule has 2 saturated heterocycles. The van der Waals surface area contributed by atoms with Crippen LogP contribution in [-0.4, -0.2) is 80.4 Å². The van der Waals surface area contributed by atoms with Crippen LogP contribution in [0.4, 0.5) is 5.69 Å². The largest absolute Gasteiger partial charge is 0.493 e. The van der Waals surface area contributed by atoms with Gasteiger partial charge in [0.15, 0.2) is 23.0 Å². The average Bonchev–Trinajstić information content (AvgIpc) is 3.67. The molecule has 2 amide bonds.